The minimum atomic E-state index is 0.407. The Balaban J connectivity index is 3.33. The first-order valence-corrected chi connectivity index (χ1v) is 4.33. The van der Waals surface area contributed by atoms with Crippen LogP contribution in [0.5, 0.6) is 5.75 Å². The van der Waals surface area contributed by atoms with E-state index in [9.17, 15) is 5.11 Å². The predicted octanol–water partition coefficient (Wildman–Crippen LogP) is 3.13. The maximum absolute atomic E-state index is 9.47. The first-order chi connectivity index (χ1) is 5.54. The van der Waals surface area contributed by atoms with Gasteiger partial charge in [0.1, 0.15) is 5.75 Å². The van der Waals surface area contributed by atoms with E-state index in [1.165, 1.54) is 11.1 Å². The third-order valence-corrected chi connectivity index (χ3v) is 2.28. The number of aromatic hydroxyl groups is 1. The molecule has 1 N–H and O–H groups in total. The van der Waals surface area contributed by atoms with Crippen molar-refractivity contribution in [3.63, 3.8) is 0 Å². The molecule has 1 aromatic rings. The van der Waals surface area contributed by atoms with Crippen LogP contribution in [0.2, 0.25) is 0 Å². The summed E-state index contributed by atoms with van der Waals surface area (Å²) in [4.78, 5) is 0. The lowest BCUT2D eigenvalue weighted by Gasteiger charge is -2.14. The summed E-state index contributed by atoms with van der Waals surface area (Å²) in [5.74, 6) is 0.890. The molecule has 1 nitrogen and oxygen atoms in total. The molecule has 0 saturated heterocycles. The quantitative estimate of drug-likeness (QED) is 0.676. The Labute approximate surface area is 74.1 Å². The molecule has 12 heavy (non-hydrogen) atoms. The minimum absolute atomic E-state index is 0.407. The SMILES string of the molecule is Cc1ccc(O)c(C)c1C(C)C. The average molecular weight is 164 g/mol. The standard InChI is InChI=1S/C11H16O/c1-7(2)11-8(3)5-6-10(12)9(11)4/h5-7,12H,1-4H3. The number of hydrogen-bond donors (Lipinski definition) is 1. The molecule has 0 aliphatic rings. The fourth-order valence-electron chi connectivity index (χ4n) is 1.74. The van der Waals surface area contributed by atoms with Crippen molar-refractivity contribution in [2.75, 3.05) is 0 Å². The fraction of sp³-hybridized carbons (Fsp3) is 0.455. The lowest BCUT2D eigenvalue weighted by Crippen LogP contribution is -1.95. The second kappa shape index (κ2) is 3.18. The first kappa shape index (κ1) is 9.11. The van der Waals surface area contributed by atoms with Gasteiger partial charge < -0.3 is 5.11 Å². The molecule has 0 saturated carbocycles. The summed E-state index contributed by atoms with van der Waals surface area (Å²) in [6.45, 7) is 8.35. The molecule has 1 aromatic carbocycles. The van der Waals surface area contributed by atoms with Crippen LogP contribution in [0.15, 0.2) is 12.1 Å². The first-order valence-electron chi connectivity index (χ1n) is 4.33. The molecule has 0 amide bonds. The Bertz CT molecular complexity index is 287. The molecule has 0 aliphatic heterocycles. The number of aryl methyl sites for hydroxylation is 1. The van der Waals surface area contributed by atoms with Crippen LogP contribution in [0, 0.1) is 13.8 Å². The Kier molecular flexibility index (Phi) is 2.41. The van der Waals surface area contributed by atoms with E-state index in [0.29, 0.717) is 11.7 Å². The fourth-order valence-corrected chi connectivity index (χ4v) is 1.74. The molecule has 0 heterocycles. The van der Waals surface area contributed by atoms with Gasteiger partial charge in [-0.15, -0.1) is 0 Å². The van der Waals surface area contributed by atoms with Gasteiger partial charge in [0.05, 0.1) is 0 Å². The van der Waals surface area contributed by atoms with Gasteiger partial charge in [-0.05, 0) is 42.5 Å². The summed E-state index contributed by atoms with van der Waals surface area (Å²) in [6, 6.07) is 3.73. The van der Waals surface area contributed by atoms with Crippen LogP contribution in [0.3, 0.4) is 0 Å². The minimum Gasteiger partial charge on any atom is -0.508 e. The third-order valence-electron chi connectivity index (χ3n) is 2.28. The topological polar surface area (TPSA) is 20.2 Å². The normalized spacial score (nSPS) is 10.8. The van der Waals surface area contributed by atoms with Crippen LogP contribution in [0.25, 0.3) is 0 Å². The molecule has 1 heteroatoms. The second-order valence-electron chi connectivity index (χ2n) is 3.59. The predicted molar refractivity (Wildman–Crippen MR) is 51.7 cm³/mol. The van der Waals surface area contributed by atoms with Crippen molar-refractivity contribution in [1.29, 1.82) is 0 Å². The van der Waals surface area contributed by atoms with E-state index in [0.717, 1.165) is 5.56 Å². The highest BCUT2D eigenvalue weighted by atomic mass is 16.3. The number of phenols is 1. The molecule has 0 fully saturated rings. The van der Waals surface area contributed by atoms with E-state index in [1.54, 1.807) is 6.07 Å². The maximum Gasteiger partial charge on any atom is 0.118 e. The summed E-state index contributed by atoms with van der Waals surface area (Å²) in [5, 5.41) is 9.47. The number of phenolic OH excluding ortho intramolecular Hbond substituents is 1. The van der Waals surface area contributed by atoms with Crippen LogP contribution in [0.1, 0.15) is 36.5 Å². The van der Waals surface area contributed by atoms with Crippen LogP contribution >= 0.6 is 0 Å². The third kappa shape index (κ3) is 1.45. The van der Waals surface area contributed by atoms with E-state index in [2.05, 4.69) is 20.8 Å². The van der Waals surface area contributed by atoms with E-state index in [-0.39, 0.29) is 0 Å². The highest BCUT2D eigenvalue weighted by molar-refractivity contribution is 5.44. The van der Waals surface area contributed by atoms with Gasteiger partial charge in [-0.2, -0.15) is 0 Å². The molecule has 0 aliphatic carbocycles. The van der Waals surface area contributed by atoms with Gasteiger partial charge >= 0.3 is 0 Å². The zero-order valence-electron chi connectivity index (χ0n) is 8.18. The van der Waals surface area contributed by atoms with Crippen molar-refractivity contribution < 1.29 is 5.11 Å². The van der Waals surface area contributed by atoms with E-state index < -0.39 is 0 Å². The summed E-state index contributed by atoms with van der Waals surface area (Å²) >= 11 is 0. The number of rotatable bonds is 1. The van der Waals surface area contributed by atoms with Crippen LogP contribution < -0.4 is 0 Å². The lowest BCUT2D eigenvalue weighted by atomic mass is 9.93. The zero-order chi connectivity index (χ0) is 9.30. The molecule has 0 aromatic heterocycles. The highest BCUT2D eigenvalue weighted by Gasteiger charge is 2.09. The van der Waals surface area contributed by atoms with Crippen LogP contribution in [-0.4, -0.2) is 5.11 Å². The Morgan fingerprint density at radius 3 is 2.17 bits per heavy atom. The average Bonchev–Trinajstić information content (AvgIpc) is 1.97. The summed E-state index contributed by atoms with van der Waals surface area (Å²) in [7, 11) is 0. The number of benzene rings is 1. The monoisotopic (exact) mass is 164 g/mol. The molecule has 0 unspecified atom stereocenters. The molecule has 0 bridgehead atoms. The molecule has 0 spiro atoms. The van der Waals surface area contributed by atoms with Crippen molar-refractivity contribution in [2.24, 2.45) is 0 Å². The van der Waals surface area contributed by atoms with E-state index in [1.807, 2.05) is 13.0 Å². The molecule has 0 atom stereocenters. The molecular weight excluding hydrogens is 148 g/mol. The van der Waals surface area contributed by atoms with Gasteiger partial charge in [-0.3, -0.25) is 0 Å². The van der Waals surface area contributed by atoms with Crippen molar-refractivity contribution in [2.45, 2.75) is 33.6 Å². The molecular formula is C11H16O. The smallest absolute Gasteiger partial charge is 0.118 e. The van der Waals surface area contributed by atoms with Crippen molar-refractivity contribution in [1.82, 2.24) is 0 Å². The lowest BCUT2D eigenvalue weighted by molar-refractivity contribution is 0.469. The molecule has 66 valence electrons. The van der Waals surface area contributed by atoms with Gasteiger partial charge in [0.2, 0.25) is 0 Å². The van der Waals surface area contributed by atoms with Gasteiger partial charge in [-0.1, -0.05) is 19.9 Å². The van der Waals surface area contributed by atoms with Crippen LogP contribution in [0.4, 0.5) is 0 Å². The van der Waals surface area contributed by atoms with Gasteiger partial charge in [0.25, 0.3) is 0 Å². The van der Waals surface area contributed by atoms with Gasteiger partial charge in [0, 0.05) is 0 Å². The van der Waals surface area contributed by atoms with Gasteiger partial charge in [-0.25, -0.2) is 0 Å². The number of hydrogen-bond acceptors (Lipinski definition) is 1. The van der Waals surface area contributed by atoms with E-state index in [4.69, 9.17) is 0 Å². The van der Waals surface area contributed by atoms with Gasteiger partial charge in [0.15, 0.2) is 0 Å². The largest absolute Gasteiger partial charge is 0.508 e. The Morgan fingerprint density at radius 1 is 1.17 bits per heavy atom. The highest BCUT2D eigenvalue weighted by Crippen LogP contribution is 2.28. The van der Waals surface area contributed by atoms with Crippen molar-refractivity contribution >= 4 is 0 Å². The van der Waals surface area contributed by atoms with Crippen molar-refractivity contribution in [3.8, 4) is 5.75 Å². The van der Waals surface area contributed by atoms with Crippen LogP contribution in [-0.2, 0) is 0 Å². The van der Waals surface area contributed by atoms with Crippen molar-refractivity contribution in [3.05, 3.63) is 28.8 Å². The maximum atomic E-state index is 9.47. The second-order valence-corrected chi connectivity index (χ2v) is 3.59. The van der Waals surface area contributed by atoms with E-state index >= 15 is 0 Å². The molecule has 1 rings (SSSR count). The molecule has 0 radical (unpaired) electrons. The Morgan fingerprint density at radius 2 is 1.75 bits per heavy atom. The summed E-state index contributed by atoms with van der Waals surface area (Å²) < 4.78 is 0. The summed E-state index contributed by atoms with van der Waals surface area (Å²) in [6.07, 6.45) is 0. The summed E-state index contributed by atoms with van der Waals surface area (Å²) in [5.41, 5.74) is 3.56. The zero-order valence-corrected chi connectivity index (χ0v) is 8.18. The Hall–Kier alpha value is -0.980.